The lowest BCUT2D eigenvalue weighted by Crippen LogP contribution is -2.00. The maximum Gasteiger partial charge on any atom is 0.165 e. The molecule has 0 saturated heterocycles. The predicted octanol–water partition coefficient (Wildman–Crippen LogP) is 12.6. The number of hydrogen-bond donors (Lipinski definition) is 0. The van der Waals surface area contributed by atoms with Gasteiger partial charge in [0.25, 0.3) is 0 Å². The normalized spacial score (nSPS) is 11.8. The van der Waals surface area contributed by atoms with E-state index in [0.717, 1.165) is 55.0 Å². The number of para-hydroxylation sites is 1. The van der Waals surface area contributed by atoms with Crippen molar-refractivity contribution in [1.82, 2.24) is 19.5 Å². The van der Waals surface area contributed by atoms with Crippen LogP contribution in [0.2, 0.25) is 0 Å². The van der Waals surface area contributed by atoms with Crippen LogP contribution >= 0.6 is 22.7 Å². The molecule has 4 heterocycles. The first kappa shape index (κ1) is 30.0. The second kappa shape index (κ2) is 11.7. The molecule has 0 spiro atoms. The summed E-state index contributed by atoms with van der Waals surface area (Å²) in [5.41, 5.74) is 6.83. The molecule has 0 N–H and O–H groups in total. The van der Waals surface area contributed by atoms with Gasteiger partial charge in [-0.05, 0) is 72.8 Å². The van der Waals surface area contributed by atoms with Gasteiger partial charge >= 0.3 is 0 Å². The van der Waals surface area contributed by atoms with Crippen LogP contribution in [0.25, 0.3) is 102 Å². The van der Waals surface area contributed by atoms with Crippen molar-refractivity contribution in [3.8, 4) is 45.9 Å². The lowest BCUT2D eigenvalue weighted by atomic mass is 10.1. The van der Waals surface area contributed by atoms with E-state index in [1.165, 1.54) is 29.6 Å². The molecule has 0 aliphatic rings. The Bertz CT molecular complexity index is 3310. The Morgan fingerprint density at radius 1 is 0.453 bits per heavy atom. The third-order valence-corrected chi connectivity index (χ3v) is 12.5. The quantitative estimate of drug-likeness (QED) is 0.182. The minimum Gasteiger partial charge on any atom is -0.309 e. The molecule has 53 heavy (non-hydrogen) atoms. The largest absolute Gasteiger partial charge is 0.309 e. The lowest BCUT2D eigenvalue weighted by molar-refractivity contribution is 1.08. The maximum absolute atomic E-state index is 9.61. The van der Waals surface area contributed by atoms with Gasteiger partial charge in [0.05, 0.1) is 22.7 Å². The Labute approximate surface area is 311 Å². The van der Waals surface area contributed by atoms with Crippen LogP contribution in [0.5, 0.6) is 0 Å². The number of fused-ring (bicyclic) bond motifs is 9. The van der Waals surface area contributed by atoms with Crippen molar-refractivity contribution >= 4 is 84.8 Å². The molecule has 0 aliphatic heterocycles. The van der Waals surface area contributed by atoms with E-state index in [2.05, 4.69) is 120 Å². The number of benzene rings is 7. The summed E-state index contributed by atoms with van der Waals surface area (Å²) in [5, 5.41) is 16.6. The Morgan fingerprint density at radius 2 is 1.13 bits per heavy atom. The first-order valence-electron chi connectivity index (χ1n) is 17.3. The zero-order chi connectivity index (χ0) is 35.0. The molecule has 0 saturated carbocycles. The first-order chi connectivity index (χ1) is 26.2. The molecule has 0 amide bonds. The van der Waals surface area contributed by atoms with E-state index in [1.807, 2.05) is 42.5 Å². The molecule has 0 aliphatic carbocycles. The van der Waals surface area contributed by atoms with E-state index in [1.54, 1.807) is 22.7 Å². The molecule has 7 heteroatoms. The van der Waals surface area contributed by atoms with Crippen molar-refractivity contribution in [2.45, 2.75) is 0 Å². The van der Waals surface area contributed by atoms with Crippen LogP contribution in [-0.2, 0) is 0 Å². The van der Waals surface area contributed by atoms with Crippen LogP contribution in [0.15, 0.2) is 152 Å². The first-order valence-corrected chi connectivity index (χ1v) is 19.0. The Morgan fingerprint density at radius 3 is 2.00 bits per heavy atom. The predicted molar refractivity (Wildman–Crippen MR) is 221 cm³/mol. The molecule has 5 nitrogen and oxygen atoms in total. The van der Waals surface area contributed by atoms with Crippen LogP contribution in [0.1, 0.15) is 5.56 Å². The number of hydrogen-bond acceptors (Lipinski definition) is 6. The van der Waals surface area contributed by atoms with Gasteiger partial charge in [-0.2, -0.15) is 5.26 Å². The third kappa shape index (κ3) is 4.70. The summed E-state index contributed by atoms with van der Waals surface area (Å²) in [5.74, 6) is 1.93. The molecular formula is C46H25N5S2. The average Bonchev–Trinajstić information content (AvgIpc) is 3.89. The highest BCUT2D eigenvalue weighted by Crippen LogP contribution is 2.41. The highest BCUT2D eigenvalue weighted by atomic mass is 32.1. The molecule has 0 unspecified atom stereocenters. The van der Waals surface area contributed by atoms with Gasteiger partial charge in [0, 0.05) is 73.5 Å². The second-order valence-electron chi connectivity index (χ2n) is 13.1. The summed E-state index contributed by atoms with van der Waals surface area (Å²) in [4.78, 5) is 15.4. The number of nitrogens with zero attached hydrogens (tertiary/aromatic N) is 5. The summed E-state index contributed by atoms with van der Waals surface area (Å²) in [6, 6.07) is 55.1. The van der Waals surface area contributed by atoms with Gasteiger partial charge in [-0.3, -0.25) is 0 Å². The van der Waals surface area contributed by atoms with Gasteiger partial charge in [0.1, 0.15) is 0 Å². The molecule has 0 atom stereocenters. The van der Waals surface area contributed by atoms with Crippen LogP contribution in [0, 0.1) is 11.3 Å². The number of thiophene rings is 2. The molecular weight excluding hydrogens is 687 g/mol. The summed E-state index contributed by atoms with van der Waals surface area (Å²) >= 11 is 3.53. The van der Waals surface area contributed by atoms with Crippen molar-refractivity contribution in [3.05, 3.63) is 157 Å². The highest BCUT2D eigenvalue weighted by molar-refractivity contribution is 7.26. The average molecular weight is 712 g/mol. The van der Waals surface area contributed by atoms with E-state index in [9.17, 15) is 5.26 Å². The Kier molecular flexibility index (Phi) is 6.59. The van der Waals surface area contributed by atoms with Crippen LogP contribution in [0.3, 0.4) is 0 Å². The van der Waals surface area contributed by atoms with E-state index < -0.39 is 0 Å². The topological polar surface area (TPSA) is 67.4 Å². The number of rotatable bonds is 4. The van der Waals surface area contributed by atoms with Crippen LogP contribution < -0.4 is 0 Å². The molecule has 11 aromatic rings. The molecule has 0 bridgehead atoms. The van der Waals surface area contributed by atoms with Crippen molar-refractivity contribution in [2.24, 2.45) is 0 Å². The van der Waals surface area contributed by atoms with Gasteiger partial charge in [0.15, 0.2) is 17.5 Å². The second-order valence-corrected chi connectivity index (χ2v) is 15.3. The minimum absolute atomic E-state index is 0.630. The maximum atomic E-state index is 9.61. The molecule has 0 fully saturated rings. The molecule has 4 aromatic heterocycles. The molecule has 0 radical (unpaired) electrons. The Balaban J connectivity index is 1.12. The van der Waals surface area contributed by atoms with E-state index >= 15 is 0 Å². The smallest absolute Gasteiger partial charge is 0.165 e. The number of nitriles is 1. The summed E-state index contributed by atoms with van der Waals surface area (Å²) in [7, 11) is 0. The summed E-state index contributed by atoms with van der Waals surface area (Å²) in [6.45, 7) is 0. The van der Waals surface area contributed by atoms with Gasteiger partial charge in [0.2, 0.25) is 0 Å². The van der Waals surface area contributed by atoms with Gasteiger partial charge < -0.3 is 4.57 Å². The molecule has 11 rings (SSSR count). The van der Waals surface area contributed by atoms with Crippen molar-refractivity contribution < 1.29 is 0 Å². The SMILES string of the molecule is N#Cc1ccc2sc3ccc(-n4c5ccccc5c5cc(-c6nc(-c7ccccc7)nc(-c7cccc8c7sc7ccccc78)n6)ccc54)cc3c2c1. The fourth-order valence-corrected chi connectivity index (χ4v) is 9.91. The van der Waals surface area contributed by atoms with E-state index in [4.69, 9.17) is 15.0 Å². The van der Waals surface area contributed by atoms with Crippen molar-refractivity contribution in [2.75, 3.05) is 0 Å². The van der Waals surface area contributed by atoms with E-state index in [-0.39, 0.29) is 0 Å². The zero-order valence-corrected chi connectivity index (χ0v) is 29.6. The van der Waals surface area contributed by atoms with Crippen LogP contribution in [0.4, 0.5) is 0 Å². The van der Waals surface area contributed by atoms with Crippen molar-refractivity contribution in [1.29, 1.82) is 5.26 Å². The Hall–Kier alpha value is -6.72. The van der Waals surface area contributed by atoms with Gasteiger partial charge in [-0.15, -0.1) is 22.7 Å². The van der Waals surface area contributed by atoms with Gasteiger partial charge in [-0.1, -0.05) is 78.9 Å². The van der Waals surface area contributed by atoms with E-state index in [0.29, 0.717) is 23.0 Å². The summed E-state index contributed by atoms with van der Waals surface area (Å²) < 4.78 is 7.13. The number of aromatic nitrogens is 4. The fraction of sp³-hybridized carbons (Fsp3) is 0. The third-order valence-electron chi connectivity index (χ3n) is 10.1. The van der Waals surface area contributed by atoms with Crippen LogP contribution in [-0.4, -0.2) is 19.5 Å². The standard InChI is InChI=1S/C46H25N5S2/c47-26-27-17-21-41-36(23-27)37-25-30(19-22-42(37)52-41)51-38-15-6-4-11-31(38)35-24-29(18-20-39(35)51)45-48-44(28-9-2-1-3-10-28)49-46(50-45)34-14-8-13-33-32-12-5-7-16-40(32)53-43(33)34/h1-25H. The van der Waals surface area contributed by atoms with Crippen molar-refractivity contribution in [3.63, 3.8) is 0 Å². The molecule has 246 valence electrons. The highest BCUT2D eigenvalue weighted by Gasteiger charge is 2.19. The lowest BCUT2D eigenvalue weighted by Gasteiger charge is -2.10. The molecule has 7 aromatic carbocycles. The minimum atomic E-state index is 0.630. The van der Waals surface area contributed by atoms with Gasteiger partial charge in [-0.25, -0.2) is 15.0 Å². The summed E-state index contributed by atoms with van der Waals surface area (Å²) in [6.07, 6.45) is 0. The fourth-order valence-electron chi connectivity index (χ4n) is 7.63. The zero-order valence-electron chi connectivity index (χ0n) is 28.0. The monoisotopic (exact) mass is 711 g/mol.